The van der Waals surface area contributed by atoms with Gasteiger partial charge in [-0.25, -0.2) is 0 Å². The van der Waals surface area contributed by atoms with Crippen molar-refractivity contribution in [3.63, 3.8) is 0 Å². The lowest BCUT2D eigenvalue weighted by Gasteiger charge is -2.02. The average molecular weight is 204 g/mol. The SMILES string of the molecule is CCCOC(=O)[C@H]1C[C@@H]1c1ccccc1. The summed E-state index contributed by atoms with van der Waals surface area (Å²) >= 11 is 0. The van der Waals surface area contributed by atoms with Gasteiger partial charge >= 0.3 is 5.97 Å². The fourth-order valence-corrected chi connectivity index (χ4v) is 1.83. The second kappa shape index (κ2) is 4.47. The molecular weight excluding hydrogens is 188 g/mol. The molecule has 2 nitrogen and oxygen atoms in total. The fourth-order valence-electron chi connectivity index (χ4n) is 1.83. The third kappa shape index (κ3) is 2.38. The van der Waals surface area contributed by atoms with E-state index in [0.717, 1.165) is 12.8 Å². The Morgan fingerprint density at radius 1 is 1.40 bits per heavy atom. The van der Waals surface area contributed by atoms with Crippen LogP contribution in [0.4, 0.5) is 0 Å². The summed E-state index contributed by atoms with van der Waals surface area (Å²) < 4.78 is 5.13. The van der Waals surface area contributed by atoms with Crippen LogP contribution in [0.2, 0.25) is 0 Å². The van der Waals surface area contributed by atoms with Crippen LogP contribution in [0.15, 0.2) is 30.3 Å². The number of hydrogen-bond acceptors (Lipinski definition) is 2. The van der Waals surface area contributed by atoms with E-state index in [0.29, 0.717) is 12.5 Å². The van der Waals surface area contributed by atoms with Gasteiger partial charge in [-0.05, 0) is 24.3 Å². The van der Waals surface area contributed by atoms with Crippen LogP contribution in [0.5, 0.6) is 0 Å². The van der Waals surface area contributed by atoms with Crippen molar-refractivity contribution in [2.75, 3.05) is 6.61 Å². The van der Waals surface area contributed by atoms with Crippen molar-refractivity contribution in [2.24, 2.45) is 5.92 Å². The highest BCUT2D eigenvalue weighted by Crippen LogP contribution is 2.47. The summed E-state index contributed by atoms with van der Waals surface area (Å²) in [6, 6.07) is 10.2. The number of ether oxygens (including phenoxy) is 1. The zero-order valence-corrected chi connectivity index (χ0v) is 8.98. The number of carbonyl (C=O) groups is 1. The van der Waals surface area contributed by atoms with Gasteiger partial charge in [-0.3, -0.25) is 4.79 Å². The van der Waals surface area contributed by atoms with Crippen LogP contribution in [-0.4, -0.2) is 12.6 Å². The Balaban J connectivity index is 1.88. The van der Waals surface area contributed by atoms with E-state index in [2.05, 4.69) is 12.1 Å². The van der Waals surface area contributed by atoms with Crippen molar-refractivity contribution in [2.45, 2.75) is 25.7 Å². The molecule has 1 aromatic carbocycles. The molecule has 1 aliphatic rings. The monoisotopic (exact) mass is 204 g/mol. The summed E-state index contributed by atoms with van der Waals surface area (Å²) in [5.41, 5.74) is 1.26. The zero-order valence-electron chi connectivity index (χ0n) is 8.98. The highest BCUT2D eigenvalue weighted by atomic mass is 16.5. The van der Waals surface area contributed by atoms with Crippen molar-refractivity contribution < 1.29 is 9.53 Å². The van der Waals surface area contributed by atoms with Gasteiger partial charge in [0.2, 0.25) is 0 Å². The molecule has 1 fully saturated rings. The standard InChI is InChI=1S/C13H16O2/c1-2-8-15-13(14)12-9-11(12)10-6-4-3-5-7-10/h3-7,11-12H,2,8-9H2,1H3/t11-,12+/m1/s1. The Morgan fingerprint density at radius 2 is 2.13 bits per heavy atom. The fraction of sp³-hybridized carbons (Fsp3) is 0.462. The van der Waals surface area contributed by atoms with E-state index in [1.807, 2.05) is 25.1 Å². The van der Waals surface area contributed by atoms with Gasteiger partial charge in [-0.15, -0.1) is 0 Å². The first-order valence-corrected chi connectivity index (χ1v) is 5.54. The number of hydrogen-bond donors (Lipinski definition) is 0. The molecule has 0 radical (unpaired) electrons. The Morgan fingerprint density at radius 3 is 2.80 bits per heavy atom. The third-order valence-corrected chi connectivity index (χ3v) is 2.77. The summed E-state index contributed by atoms with van der Waals surface area (Å²) in [6.07, 6.45) is 1.85. The Hall–Kier alpha value is -1.31. The van der Waals surface area contributed by atoms with E-state index in [1.165, 1.54) is 5.56 Å². The zero-order chi connectivity index (χ0) is 10.7. The molecule has 0 heterocycles. The lowest BCUT2D eigenvalue weighted by molar-refractivity contribution is -0.145. The maximum absolute atomic E-state index is 11.5. The maximum atomic E-state index is 11.5. The van der Waals surface area contributed by atoms with Crippen LogP contribution >= 0.6 is 0 Å². The van der Waals surface area contributed by atoms with Crippen molar-refractivity contribution in [1.29, 1.82) is 0 Å². The molecule has 80 valence electrons. The van der Waals surface area contributed by atoms with Crippen LogP contribution in [0.3, 0.4) is 0 Å². The summed E-state index contributed by atoms with van der Waals surface area (Å²) in [5, 5.41) is 0. The molecule has 2 heteroatoms. The second-order valence-electron chi connectivity index (χ2n) is 4.03. The van der Waals surface area contributed by atoms with Crippen LogP contribution < -0.4 is 0 Å². The van der Waals surface area contributed by atoms with Gasteiger partial charge in [-0.2, -0.15) is 0 Å². The van der Waals surface area contributed by atoms with Crippen molar-refractivity contribution >= 4 is 5.97 Å². The molecule has 0 bridgehead atoms. The van der Waals surface area contributed by atoms with Crippen LogP contribution in [-0.2, 0) is 9.53 Å². The molecule has 0 N–H and O–H groups in total. The lowest BCUT2D eigenvalue weighted by atomic mass is 10.1. The highest BCUT2D eigenvalue weighted by molar-refractivity contribution is 5.77. The first kappa shape index (κ1) is 10.2. The molecule has 0 saturated heterocycles. The minimum atomic E-state index is -0.0225. The van der Waals surface area contributed by atoms with Gasteiger partial charge in [0.05, 0.1) is 12.5 Å². The normalized spacial score (nSPS) is 23.5. The predicted molar refractivity (Wildman–Crippen MR) is 58.5 cm³/mol. The van der Waals surface area contributed by atoms with Crippen LogP contribution in [0, 0.1) is 5.92 Å². The smallest absolute Gasteiger partial charge is 0.309 e. The molecule has 1 aliphatic carbocycles. The summed E-state index contributed by atoms with van der Waals surface area (Å²) in [4.78, 5) is 11.5. The molecule has 1 saturated carbocycles. The van der Waals surface area contributed by atoms with Gasteiger partial charge in [0, 0.05) is 0 Å². The van der Waals surface area contributed by atoms with Crippen LogP contribution in [0.1, 0.15) is 31.2 Å². The van der Waals surface area contributed by atoms with E-state index in [-0.39, 0.29) is 11.9 Å². The van der Waals surface area contributed by atoms with Gasteiger partial charge in [0.15, 0.2) is 0 Å². The molecule has 15 heavy (non-hydrogen) atoms. The van der Waals surface area contributed by atoms with E-state index >= 15 is 0 Å². The van der Waals surface area contributed by atoms with E-state index in [4.69, 9.17) is 4.74 Å². The summed E-state index contributed by atoms with van der Waals surface area (Å²) in [6.45, 7) is 2.56. The maximum Gasteiger partial charge on any atom is 0.309 e. The number of rotatable bonds is 4. The largest absolute Gasteiger partial charge is 0.465 e. The van der Waals surface area contributed by atoms with Crippen molar-refractivity contribution in [1.82, 2.24) is 0 Å². The Bertz CT molecular complexity index is 332. The van der Waals surface area contributed by atoms with Crippen molar-refractivity contribution in [3.05, 3.63) is 35.9 Å². The van der Waals surface area contributed by atoms with Gasteiger partial charge < -0.3 is 4.74 Å². The molecule has 2 rings (SSSR count). The molecule has 0 unspecified atom stereocenters. The second-order valence-corrected chi connectivity index (χ2v) is 4.03. The quantitative estimate of drug-likeness (QED) is 0.705. The molecule has 0 spiro atoms. The minimum absolute atomic E-state index is 0.0225. The summed E-state index contributed by atoms with van der Waals surface area (Å²) in [5.74, 6) is 0.486. The molecule has 2 atom stereocenters. The highest BCUT2D eigenvalue weighted by Gasteiger charge is 2.44. The van der Waals surface area contributed by atoms with E-state index in [1.54, 1.807) is 0 Å². The number of benzene rings is 1. The number of esters is 1. The predicted octanol–water partition coefficient (Wildman–Crippen LogP) is 2.74. The van der Waals surface area contributed by atoms with E-state index < -0.39 is 0 Å². The molecule has 0 amide bonds. The van der Waals surface area contributed by atoms with Gasteiger partial charge in [0.25, 0.3) is 0 Å². The minimum Gasteiger partial charge on any atom is -0.465 e. The molecule has 1 aromatic rings. The Labute approximate surface area is 90.3 Å². The molecule has 0 aromatic heterocycles. The summed E-state index contributed by atoms with van der Waals surface area (Å²) in [7, 11) is 0. The van der Waals surface area contributed by atoms with Crippen LogP contribution in [0.25, 0.3) is 0 Å². The molecule has 0 aliphatic heterocycles. The topological polar surface area (TPSA) is 26.3 Å². The van der Waals surface area contributed by atoms with Gasteiger partial charge in [0.1, 0.15) is 0 Å². The first-order chi connectivity index (χ1) is 7.33. The third-order valence-electron chi connectivity index (χ3n) is 2.77. The lowest BCUT2D eigenvalue weighted by Crippen LogP contribution is -2.08. The number of carbonyl (C=O) groups excluding carboxylic acids is 1. The Kier molecular flexibility index (Phi) is 3.05. The first-order valence-electron chi connectivity index (χ1n) is 5.54. The van der Waals surface area contributed by atoms with Gasteiger partial charge in [-0.1, -0.05) is 37.3 Å². The van der Waals surface area contributed by atoms with Crippen molar-refractivity contribution in [3.8, 4) is 0 Å². The van der Waals surface area contributed by atoms with E-state index in [9.17, 15) is 4.79 Å². The molecular formula is C13H16O2. The average Bonchev–Trinajstić information content (AvgIpc) is 3.07.